The van der Waals surface area contributed by atoms with E-state index in [1.54, 1.807) is 28.6 Å². The van der Waals surface area contributed by atoms with Gasteiger partial charge in [0, 0.05) is 26.2 Å². The van der Waals surface area contributed by atoms with Gasteiger partial charge in [0.25, 0.3) is 0 Å². The predicted molar refractivity (Wildman–Crippen MR) is 86.8 cm³/mol. The Balaban J connectivity index is 1.93. The molecule has 1 aromatic carbocycles. The molecule has 110 valence electrons. The summed E-state index contributed by atoms with van der Waals surface area (Å²) >= 11 is 0. The first kappa shape index (κ1) is 12.8. The normalized spacial score (nSPS) is 14.1. The summed E-state index contributed by atoms with van der Waals surface area (Å²) < 4.78 is 3.33. The largest absolute Gasteiger partial charge is 0.333 e. The van der Waals surface area contributed by atoms with Crippen molar-refractivity contribution in [3.05, 3.63) is 53.2 Å². The van der Waals surface area contributed by atoms with Crippen molar-refractivity contribution < 1.29 is 0 Å². The second-order valence-corrected chi connectivity index (χ2v) is 5.28. The fourth-order valence-corrected chi connectivity index (χ4v) is 2.81. The van der Waals surface area contributed by atoms with Crippen molar-refractivity contribution >= 4 is 22.9 Å². The summed E-state index contributed by atoms with van der Waals surface area (Å²) in [6.07, 6.45) is 6.29. The third kappa shape index (κ3) is 1.84. The molecule has 0 radical (unpaired) electrons. The number of benzene rings is 1. The maximum Gasteiger partial charge on any atom is 0.333 e. The van der Waals surface area contributed by atoms with E-state index in [2.05, 4.69) is 10.1 Å². The van der Waals surface area contributed by atoms with Crippen LogP contribution in [-0.4, -0.2) is 26.9 Å². The van der Waals surface area contributed by atoms with Gasteiger partial charge in [0.1, 0.15) is 0 Å². The number of anilines is 1. The minimum absolute atomic E-state index is 0.0786. The summed E-state index contributed by atoms with van der Waals surface area (Å²) in [5, 5.41) is 6.20. The van der Waals surface area contributed by atoms with E-state index < -0.39 is 0 Å². The van der Waals surface area contributed by atoms with Crippen molar-refractivity contribution in [1.29, 1.82) is 0 Å². The van der Waals surface area contributed by atoms with Gasteiger partial charge in [-0.2, -0.15) is 5.10 Å². The molecule has 0 fully saturated rings. The van der Waals surface area contributed by atoms with Crippen molar-refractivity contribution in [2.24, 2.45) is 12.1 Å². The summed E-state index contributed by atoms with van der Waals surface area (Å²) in [5.74, 6) is 0. The lowest BCUT2D eigenvalue weighted by Gasteiger charge is -2.14. The number of hydrogen-bond acceptors (Lipinski definition) is 4. The smallest absolute Gasteiger partial charge is 0.295 e. The number of hydrazone groups is 1. The Kier molecular flexibility index (Phi) is 2.82. The zero-order chi connectivity index (χ0) is 15.1. The molecule has 1 aliphatic heterocycles. The Bertz CT molecular complexity index is 937. The number of rotatable bonds is 2. The molecule has 0 aliphatic carbocycles. The minimum Gasteiger partial charge on any atom is -0.295 e. The van der Waals surface area contributed by atoms with E-state index in [9.17, 15) is 4.79 Å². The lowest BCUT2D eigenvalue weighted by atomic mass is 10.3. The van der Waals surface area contributed by atoms with E-state index in [0.29, 0.717) is 0 Å². The highest BCUT2D eigenvalue weighted by atomic mass is 16.1. The monoisotopic (exact) mass is 293 g/mol. The van der Waals surface area contributed by atoms with E-state index in [0.717, 1.165) is 35.4 Å². The fraction of sp³-hybridized carbons (Fsp3) is 0.188. The van der Waals surface area contributed by atoms with Crippen molar-refractivity contribution in [2.75, 3.05) is 11.6 Å². The first-order chi connectivity index (χ1) is 10.8. The Hall–Kier alpha value is -2.89. The number of hydrogen-bond donors (Lipinski definition) is 0. The number of para-hydroxylation sites is 2. The number of pyridine rings is 1. The average molecular weight is 293 g/mol. The van der Waals surface area contributed by atoms with Gasteiger partial charge in [-0.1, -0.05) is 12.1 Å². The van der Waals surface area contributed by atoms with Gasteiger partial charge in [0.2, 0.25) is 0 Å². The summed E-state index contributed by atoms with van der Waals surface area (Å²) in [6.45, 7) is 0.843. The highest BCUT2D eigenvalue weighted by molar-refractivity contribution is 5.78. The maximum absolute atomic E-state index is 12.6. The molecule has 3 heterocycles. The summed E-state index contributed by atoms with van der Waals surface area (Å²) in [4.78, 5) is 16.9. The summed E-state index contributed by atoms with van der Waals surface area (Å²) in [7, 11) is 1.78. The van der Waals surface area contributed by atoms with Gasteiger partial charge in [-0.3, -0.25) is 19.1 Å². The van der Waals surface area contributed by atoms with Crippen molar-refractivity contribution in [3.63, 3.8) is 0 Å². The molecule has 0 saturated heterocycles. The molecule has 22 heavy (non-hydrogen) atoms. The number of aryl methyl sites for hydroxylation is 1. The van der Waals surface area contributed by atoms with Gasteiger partial charge in [0.15, 0.2) is 0 Å². The molecular formula is C16H15N5O. The number of imidazole rings is 1. The molecule has 6 nitrogen and oxygen atoms in total. The lowest BCUT2D eigenvalue weighted by Crippen LogP contribution is -2.21. The van der Waals surface area contributed by atoms with Gasteiger partial charge >= 0.3 is 5.69 Å². The molecule has 0 saturated carbocycles. The van der Waals surface area contributed by atoms with Crippen molar-refractivity contribution in [1.82, 2.24) is 14.1 Å². The molecule has 0 spiro atoms. The molecule has 6 heteroatoms. The highest BCUT2D eigenvalue weighted by Gasteiger charge is 2.14. The number of fused-ring (bicyclic) bond motifs is 1. The quantitative estimate of drug-likeness (QED) is 0.725. The first-order valence-electron chi connectivity index (χ1n) is 7.17. The zero-order valence-electron chi connectivity index (χ0n) is 12.2. The molecule has 0 N–H and O–H groups in total. The molecular weight excluding hydrogens is 278 g/mol. The standard InChI is InChI=1S/C16H15N5O/c1-19-14-5-2-3-6-15(14)21(16(19)22)13-9-12(10-17-11-13)20-8-4-7-18-20/h2-3,5-7,9-11H,4,8H2,1H3. The summed E-state index contributed by atoms with van der Waals surface area (Å²) in [5.41, 5.74) is 3.34. The van der Waals surface area contributed by atoms with E-state index in [-0.39, 0.29) is 5.69 Å². The molecule has 2 aromatic heterocycles. The van der Waals surface area contributed by atoms with Crippen molar-refractivity contribution in [2.45, 2.75) is 6.42 Å². The summed E-state index contributed by atoms with van der Waals surface area (Å²) in [6, 6.07) is 9.69. The Morgan fingerprint density at radius 2 is 1.86 bits per heavy atom. The molecule has 0 bridgehead atoms. The third-order valence-corrected chi connectivity index (χ3v) is 3.92. The molecule has 4 rings (SSSR count). The zero-order valence-corrected chi connectivity index (χ0v) is 12.2. The third-order valence-electron chi connectivity index (χ3n) is 3.92. The van der Waals surface area contributed by atoms with Crippen LogP contribution >= 0.6 is 0 Å². The van der Waals surface area contributed by atoms with Gasteiger partial charge in [-0.25, -0.2) is 4.79 Å². The number of aromatic nitrogens is 3. The van der Waals surface area contributed by atoms with E-state index >= 15 is 0 Å². The van der Waals surface area contributed by atoms with E-state index in [4.69, 9.17) is 0 Å². The van der Waals surface area contributed by atoms with E-state index in [1.807, 2.05) is 41.6 Å². The van der Waals surface area contributed by atoms with Crippen LogP contribution in [0.2, 0.25) is 0 Å². The van der Waals surface area contributed by atoms with Crippen LogP contribution in [0.1, 0.15) is 6.42 Å². The highest BCUT2D eigenvalue weighted by Crippen LogP contribution is 2.22. The van der Waals surface area contributed by atoms with Crippen LogP contribution in [0.5, 0.6) is 0 Å². The van der Waals surface area contributed by atoms with Crippen LogP contribution in [0.15, 0.2) is 52.6 Å². The SMILES string of the molecule is Cn1c(=O)n(-c2cncc(N3CCC=N3)c2)c2ccccc21. The van der Waals surface area contributed by atoms with Gasteiger partial charge in [-0.05, 0) is 18.2 Å². The number of nitrogens with zero attached hydrogens (tertiary/aromatic N) is 5. The average Bonchev–Trinajstić information content (AvgIpc) is 3.17. The van der Waals surface area contributed by atoms with Gasteiger partial charge in [0.05, 0.1) is 34.8 Å². The van der Waals surface area contributed by atoms with Crippen LogP contribution in [0, 0.1) is 0 Å². The van der Waals surface area contributed by atoms with E-state index in [1.165, 1.54) is 0 Å². The molecule has 0 amide bonds. The minimum atomic E-state index is -0.0786. The second-order valence-electron chi connectivity index (χ2n) is 5.28. The Morgan fingerprint density at radius 1 is 1.09 bits per heavy atom. The fourth-order valence-electron chi connectivity index (χ4n) is 2.81. The topological polar surface area (TPSA) is 55.4 Å². The van der Waals surface area contributed by atoms with Crippen molar-refractivity contribution in [3.8, 4) is 5.69 Å². The Morgan fingerprint density at radius 3 is 2.64 bits per heavy atom. The second kappa shape index (κ2) is 4.84. The maximum atomic E-state index is 12.6. The first-order valence-corrected chi connectivity index (χ1v) is 7.17. The van der Waals surface area contributed by atoms with Crippen LogP contribution < -0.4 is 10.7 Å². The van der Waals surface area contributed by atoms with Crippen LogP contribution in [0.25, 0.3) is 16.7 Å². The molecule has 1 aliphatic rings. The predicted octanol–water partition coefficient (Wildman–Crippen LogP) is 1.92. The molecule has 3 aromatic rings. The van der Waals surface area contributed by atoms with Crippen LogP contribution in [-0.2, 0) is 7.05 Å². The van der Waals surface area contributed by atoms with Gasteiger partial charge in [-0.15, -0.1) is 0 Å². The molecule has 0 unspecified atom stereocenters. The van der Waals surface area contributed by atoms with Gasteiger partial charge < -0.3 is 0 Å². The van der Waals surface area contributed by atoms with Crippen LogP contribution in [0.4, 0.5) is 5.69 Å². The van der Waals surface area contributed by atoms with Crippen LogP contribution in [0.3, 0.4) is 0 Å². The lowest BCUT2D eigenvalue weighted by molar-refractivity contribution is 0.842. The Labute approximate surface area is 126 Å². The molecule has 0 atom stereocenters.